The van der Waals surface area contributed by atoms with Gasteiger partial charge in [-0.2, -0.15) is 0 Å². The predicted octanol–water partition coefficient (Wildman–Crippen LogP) is 15.2. The molecule has 0 aliphatic heterocycles. The Hall–Kier alpha value is -6.18. The SMILES string of the molecule is Cc1cccc(C)c1-c1cc(-c2cccc3ccccc23)cc(C)c1N(c1ccc2c(c1)C(C)(C)c1ccccc1-2)c1cccc2c1-c1ccccc1C2(C)C. The smallest absolute Gasteiger partial charge is 0.0570 e. The van der Waals surface area contributed by atoms with Gasteiger partial charge in [-0.05, 0) is 134 Å². The Balaban J connectivity index is 1.32. The molecule has 0 saturated heterocycles. The molecule has 0 heterocycles. The first-order chi connectivity index (χ1) is 27.1. The fourth-order valence-corrected chi connectivity index (χ4v) is 10.3. The van der Waals surface area contributed by atoms with Crippen molar-refractivity contribution in [1.82, 2.24) is 0 Å². The highest BCUT2D eigenvalue weighted by molar-refractivity contribution is 6.03. The van der Waals surface area contributed by atoms with E-state index in [1.54, 1.807) is 0 Å². The van der Waals surface area contributed by atoms with E-state index in [-0.39, 0.29) is 10.8 Å². The lowest BCUT2D eigenvalue weighted by Crippen LogP contribution is -2.18. The Bertz CT molecular complexity index is 2880. The van der Waals surface area contributed by atoms with Gasteiger partial charge in [-0.15, -0.1) is 0 Å². The van der Waals surface area contributed by atoms with Crippen LogP contribution in [0.3, 0.4) is 0 Å². The molecule has 1 nitrogen and oxygen atoms in total. The first kappa shape index (κ1) is 34.3. The average Bonchev–Trinajstić information content (AvgIpc) is 3.58. The van der Waals surface area contributed by atoms with Gasteiger partial charge in [0.2, 0.25) is 0 Å². The zero-order chi connectivity index (χ0) is 38.5. The van der Waals surface area contributed by atoms with E-state index in [2.05, 4.69) is 211 Å². The first-order valence-electron chi connectivity index (χ1n) is 20.0. The van der Waals surface area contributed by atoms with Crippen molar-refractivity contribution in [2.75, 3.05) is 4.90 Å². The highest BCUT2D eigenvalue weighted by Crippen LogP contribution is 2.57. The first-order valence-corrected chi connectivity index (χ1v) is 20.0. The van der Waals surface area contributed by atoms with Crippen molar-refractivity contribution in [3.63, 3.8) is 0 Å². The zero-order valence-electron chi connectivity index (χ0n) is 33.5. The van der Waals surface area contributed by atoms with Crippen LogP contribution in [0.1, 0.15) is 66.6 Å². The topological polar surface area (TPSA) is 3.24 Å². The molecule has 272 valence electrons. The Morgan fingerprint density at radius 2 is 0.964 bits per heavy atom. The predicted molar refractivity (Wildman–Crippen MR) is 239 cm³/mol. The summed E-state index contributed by atoms with van der Waals surface area (Å²) in [6, 6.07) is 59.3. The lowest BCUT2D eigenvalue weighted by molar-refractivity contribution is 0.660. The second-order valence-corrected chi connectivity index (χ2v) is 17.1. The van der Waals surface area contributed by atoms with Crippen molar-refractivity contribution >= 4 is 27.8 Å². The summed E-state index contributed by atoms with van der Waals surface area (Å²) in [7, 11) is 0. The minimum absolute atomic E-state index is 0.127. The molecule has 56 heavy (non-hydrogen) atoms. The summed E-state index contributed by atoms with van der Waals surface area (Å²) in [5.74, 6) is 0. The maximum absolute atomic E-state index is 2.61. The molecule has 10 rings (SSSR count). The third kappa shape index (κ3) is 4.93. The fourth-order valence-electron chi connectivity index (χ4n) is 10.3. The standard InChI is InChI=1S/C55H47N/c1-34-17-14-18-35(2)51(34)45-32-38(41-24-15-20-37-19-8-9-21-40(37)41)31-36(3)53(45)56(39-29-30-43-42-22-10-12-25-46(42)55(6,7)49(43)33-39)50-28-16-27-48-52(50)44-23-11-13-26-47(44)54(48,4)5/h8-33H,1-7H3. The summed E-state index contributed by atoms with van der Waals surface area (Å²) < 4.78 is 0. The van der Waals surface area contributed by atoms with E-state index in [9.17, 15) is 0 Å². The van der Waals surface area contributed by atoms with Gasteiger partial charge >= 0.3 is 0 Å². The highest BCUT2D eigenvalue weighted by atomic mass is 15.2. The summed E-state index contributed by atoms with van der Waals surface area (Å²) in [6.07, 6.45) is 0. The van der Waals surface area contributed by atoms with E-state index >= 15 is 0 Å². The maximum atomic E-state index is 2.61. The average molecular weight is 722 g/mol. The van der Waals surface area contributed by atoms with Crippen LogP contribution >= 0.6 is 0 Å². The summed E-state index contributed by atoms with van der Waals surface area (Å²) in [6.45, 7) is 16.4. The number of anilines is 3. The summed E-state index contributed by atoms with van der Waals surface area (Å²) >= 11 is 0. The van der Waals surface area contributed by atoms with Crippen LogP contribution in [0.5, 0.6) is 0 Å². The maximum Gasteiger partial charge on any atom is 0.0570 e. The molecule has 0 fully saturated rings. The molecule has 0 saturated carbocycles. The molecular weight excluding hydrogens is 675 g/mol. The molecule has 0 N–H and O–H groups in total. The second kappa shape index (κ2) is 12.4. The van der Waals surface area contributed by atoms with Gasteiger partial charge in [-0.3, -0.25) is 0 Å². The van der Waals surface area contributed by atoms with Crippen LogP contribution < -0.4 is 4.90 Å². The molecule has 0 aromatic heterocycles. The van der Waals surface area contributed by atoms with E-state index in [1.807, 2.05) is 0 Å². The number of rotatable bonds is 5. The van der Waals surface area contributed by atoms with E-state index < -0.39 is 0 Å². The number of hydrogen-bond acceptors (Lipinski definition) is 1. The monoisotopic (exact) mass is 721 g/mol. The van der Waals surface area contributed by atoms with Crippen molar-refractivity contribution in [2.45, 2.75) is 59.3 Å². The van der Waals surface area contributed by atoms with Crippen molar-refractivity contribution < 1.29 is 0 Å². The minimum Gasteiger partial charge on any atom is -0.309 e. The quantitative estimate of drug-likeness (QED) is 0.171. The van der Waals surface area contributed by atoms with Gasteiger partial charge in [-0.1, -0.05) is 155 Å². The van der Waals surface area contributed by atoms with E-state index in [4.69, 9.17) is 0 Å². The van der Waals surface area contributed by atoms with E-state index in [1.165, 1.54) is 111 Å². The molecule has 0 amide bonds. The summed E-state index contributed by atoms with van der Waals surface area (Å²) in [5, 5.41) is 2.52. The van der Waals surface area contributed by atoms with Gasteiger partial charge in [0.25, 0.3) is 0 Å². The molecule has 0 unspecified atom stereocenters. The van der Waals surface area contributed by atoms with E-state index in [0.29, 0.717) is 0 Å². The molecule has 0 atom stereocenters. The molecule has 8 aromatic carbocycles. The Kier molecular flexibility index (Phi) is 7.61. The largest absolute Gasteiger partial charge is 0.309 e. The molecule has 8 aromatic rings. The molecule has 2 aliphatic rings. The number of nitrogens with zero attached hydrogens (tertiary/aromatic N) is 1. The lowest BCUT2D eigenvalue weighted by atomic mass is 9.82. The van der Waals surface area contributed by atoms with Crippen LogP contribution in [0, 0.1) is 20.8 Å². The fraction of sp³-hybridized carbons (Fsp3) is 0.164. The summed E-state index contributed by atoms with van der Waals surface area (Å²) in [5.41, 5.74) is 23.0. The number of aryl methyl sites for hydroxylation is 3. The molecule has 1 heteroatoms. The van der Waals surface area contributed by atoms with Gasteiger partial charge in [0.05, 0.1) is 11.4 Å². The molecule has 0 radical (unpaired) electrons. The summed E-state index contributed by atoms with van der Waals surface area (Å²) in [4.78, 5) is 2.61. The van der Waals surface area contributed by atoms with Gasteiger partial charge in [-0.25, -0.2) is 0 Å². The third-order valence-electron chi connectivity index (χ3n) is 13.0. The van der Waals surface area contributed by atoms with Crippen molar-refractivity contribution in [2.24, 2.45) is 0 Å². The van der Waals surface area contributed by atoms with E-state index in [0.717, 1.165) is 0 Å². The van der Waals surface area contributed by atoms with Crippen LogP contribution in [0.15, 0.2) is 158 Å². The Labute approximate surface area is 331 Å². The Morgan fingerprint density at radius 3 is 1.75 bits per heavy atom. The van der Waals surface area contributed by atoms with Crippen LogP contribution in [0.25, 0.3) is 55.3 Å². The van der Waals surface area contributed by atoms with Crippen LogP contribution in [-0.4, -0.2) is 0 Å². The molecule has 0 spiro atoms. The van der Waals surface area contributed by atoms with Gasteiger partial charge < -0.3 is 4.90 Å². The van der Waals surface area contributed by atoms with Crippen molar-refractivity contribution in [1.29, 1.82) is 0 Å². The van der Waals surface area contributed by atoms with Gasteiger partial charge in [0, 0.05) is 27.6 Å². The van der Waals surface area contributed by atoms with Gasteiger partial charge in [0.15, 0.2) is 0 Å². The van der Waals surface area contributed by atoms with Crippen LogP contribution in [-0.2, 0) is 10.8 Å². The zero-order valence-corrected chi connectivity index (χ0v) is 33.5. The number of benzene rings is 8. The Morgan fingerprint density at radius 1 is 0.393 bits per heavy atom. The molecule has 2 aliphatic carbocycles. The second-order valence-electron chi connectivity index (χ2n) is 17.1. The highest BCUT2D eigenvalue weighted by Gasteiger charge is 2.40. The molecular formula is C55H47N. The minimum atomic E-state index is -0.135. The van der Waals surface area contributed by atoms with Crippen LogP contribution in [0.4, 0.5) is 17.1 Å². The number of fused-ring (bicyclic) bond motifs is 7. The molecule has 0 bridgehead atoms. The van der Waals surface area contributed by atoms with Crippen molar-refractivity contribution in [3.8, 4) is 44.5 Å². The lowest BCUT2D eigenvalue weighted by Gasteiger charge is -2.34. The van der Waals surface area contributed by atoms with Gasteiger partial charge in [0.1, 0.15) is 0 Å². The number of hydrogen-bond donors (Lipinski definition) is 0. The van der Waals surface area contributed by atoms with Crippen molar-refractivity contribution in [3.05, 3.63) is 197 Å². The normalized spacial score (nSPS) is 14.3. The van der Waals surface area contributed by atoms with Crippen LogP contribution in [0.2, 0.25) is 0 Å². The third-order valence-corrected chi connectivity index (χ3v) is 13.0.